The van der Waals surface area contributed by atoms with Crippen LogP contribution in [0.1, 0.15) is 18.7 Å². The van der Waals surface area contributed by atoms with Gasteiger partial charge in [0.25, 0.3) is 0 Å². The predicted octanol–water partition coefficient (Wildman–Crippen LogP) is 2.52. The Morgan fingerprint density at radius 3 is 2.83 bits per heavy atom. The van der Waals surface area contributed by atoms with Crippen molar-refractivity contribution in [1.29, 1.82) is 0 Å². The van der Waals surface area contributed by atoms with E-state index in [1.165, 1.54) is 5.69 Å². The lowest BCUT2D eigenvalue weighted by atomic mass is 10.1. The van der Waals surface area contributed by atoms with E-state index in [4.69, 9.17) is 9.47 Å². The second-order valence-electron chi connectivity index (χ2n) is 5.89. The van der Waals surface area contributed by atoms with Crippen LogP contribution in [0.25, 0.3) is 0 Å². The smallest absolute Gasteiger partial charge is 0.238 e. The first-order chi connectivity index (χ1) is 11.6. The van der Waals surface area contributed by atoms with Gasteiger partial charge in [-0.3, -0.25) is 9.69 Å². The first-order valence-electron chi connectivity index (χ1n) is 8.03. The van der Waals surface area contributed by atoms with Crippen molar-refractivity contribution in [3.63, 3.8) is 0 Å². The highest BCUT2D eigenvalue weighted by atomic mass is 16.5. The zero-order chi connectivity index (χ0) is 17.1. The highest BCUT2D eigenvalue weighted by molar-refractivity contribution is 5.94. The van der Waals surface area contributed by atoms with Gasteiger partial charge in [0.2, 0.25) is 5.91 Å². The number of carbonyl (C=O) groups excluding carboxylic acids is 1. The minimum atomic E-state index is -0.0617. The van der Waals surface area contributed by atoms with Gasteiger partial charge in [0.15, 0.2) is 0 Å². The third kappa shape index (κ3) is 3.23. The van der Waals surface area contributed by atoms with Crippen molar-refractivity contribution < 1.29 is 14.3 Å². The zero-order valence-electron chi connectivity index (χ0n) is 14.3. The van der Waals surface area contributed by atoms with E-state index in [1.807, 2.05) is 0 Å². The van der Waals surface area contributed by atoms with Crippen molar-refractivity contribution >= 4 is 11.6 Å². The van der Waals surface area contributed by atoms with Crippen molar-refractivity contribution in [2.24, 2.45) is 0 Å². The van der Waals surface area contributed by atoms with E-state index in [-0.39, 0.29) is 11.9 Å². The summed E-state index contributed by atoms with van der Waals surface area (Å²) in [6.45, 7) is 4.23. The van der Waals surface area contributed by atoms with E-state index in [0.717, 1.165) is 13.1 Å². The van der Waals surface area contributed by atoms with Gasteiger partial charge in [-0.1, -0.05) is 0 Å². The number of aromatic nitrogens is 1. The fraction of sp³-hybridized carbons (Fsp3) is 0.389. The normalized spacial score (nSPS) is 17.2. The van der Waals surface area contributed by atoms with E-state index >= 15 is 0 Å². The van der Waals surface area contributed by atoms with Gasteiger partial charge in [0, 0.05) is 37.1 Å². The third-order valence-electron chi connectivity index (χ3n) is 4.50. The van der Waals surface area contributed by atoms with Crippen molar-refractivity contribution in [2.75, 3.05) is 32.6 Å². The minimum absolute atomic E-state index is 0.0617. The van der Waals surface area contributed by atoms with Crippen LogP contribution in [0.15, 0.2) is 36.5 Å². The van der Waals surface area contributed by atoms with Crippen LogP contribution in [0.5, 0.6) is 11.5 Å². The monoisotopic (exact) mass is 329 g/mol. The van der Waals surface area contributed by atoms with Gasteiger partial charge in [-0.2, -0.15) is 0 Å². The lowest BCUT2D eigenvalue weighted by Gasteiger charge is -2.34. The molecule has 1 unspecified atom stereocenters. The quantitative estimate of drug-likeness (QED) is 0.916. The Hall–Kier alpha value is -2.47. The molecule has 0 radical (unpaired) electrons. The Labute approximate surface area is 142 Å². The lowest BCUT2D eigenvalue weighted by molar-refractivity contribution is -0.118. The molecular formula is C18H23N3O3. The summed E-state index contributed by atoms with van der Waals surface area (Å²) in [6.07, 6.45) is 2.09. The zero-order valence-corrected chi connectivity index (χ0v) is 14.3. The van der Waals surface area contributed by atoms with Crippen molar-refractivity contribution in [1.82, 2.24) is 9.47 Å². The molecule has 1 aromatic heterocycles. The molecule has 6 heteroatoms. The fourth-order valence-electron chi connectivity index (χ4n) is 3.13. The summed E-state index contributed by atoms with van der Waals surface area (Å²) in [6, 6.07) is 9.73. The predicted molar refractivity (Wildman–Crippen MR) is 92.6 cm³/mol. The van der Waals surface area contributed by atoms with Crippen molar-refractivity contribution in [3.8, 4) is 11.5 Å². The van der Waals surface area contributed by atoms with E-state index < -0.39 is 0 Å². The Morgan fingerprint density at radius 1 is 1.25 bits per heavy atom. The van der Waals surface area contributed by atoms with Crippen molar-refractivity contribution in [3.05, 3.63) is 42.2 Å². The van der Waals surface area contributed by atoms with Gasteiger partial charge >= 0.3 is 0 Å². The third-order valence-corrected chi connectivity index (χ3v) is 4.50. The fourth-order valence-corrected chi connectivity index (χ4v) is 3.13. The average Bonchev–Trinajstić information content (AvgIpc) is 3.06. The van der Waals surface area contributed by atoms with Crippen LogP contribution < -0.4 is 14.8 Å². The highest BCUT2D eigenvalue weighted by Crippen LogP contribution is 2.29. The summed E-state index contributed by atoms with van der Waals surface area (Å²) >= 11 is 0. The van der Waals surface area contributed by atoms with Crippen molar-refractivity contribution in [2.45, 2.75) is 19.5 Å². The largest absolute Gasteiger partial charge is 0.497 e. The molecule has 1 atom stereocenters. The second kappa shape index (κ2) is 6.97. The Kier molecular flexibility index (Phi) is 4.76. The molecule has 1 aliphatic heterocycles. The highest BCUT2D eigenvalue weighted by Gasteiger charge is 2.25. The Bertz CT molecular complexity index is 726. The van der Waals surface area contributed by atoms with Gasteiger partial charge in [-0.15, -0.1) is 0 Å². The number of anilines is 1. The van der Waals surface area contributed by atoms with Crippen LogP contribution in [0.2, 0.25) is 0 Å². The molecule has 0 aliphatic carbocycles. The summed E-state index contributed by atoms with van der Waals surface area (Å²) in [5.74, 6) is 1.23. The molecule has 2 heterocycles. The average molecular weight is 329 g/mol. The molecule has 6 nitrogen and oxygen atoms in total. The number of nitrogens with zero attached hydrogens (tertiary/aromatic N) is 2. The maximum absolute atomic E-state index is 12.5. The summed E-state index contributed by atoms with van der Waals surface area (Å²) < 4.78 is 12.8. The molecule has 1 N–H and O–H groups in total. The van der Waals surface area contributed by atoms with Crippen LogP contribution >= 0.6 is 0 Å². The van der Waals surface area contributed by atoms with Crippen LogP contribution in [-0.4, -0.2) is 42.7 Å². The van der Waals surface area contributed by atoms with Crippen LogP contribution in [0.4, 0.5) is 5.69 Å². The van der Waals surface area contributed by atoms with Crippen LogP contribution in [0, 0.1) is 0 Å². The topological polar surface area (TPSA) is 55.7 Å². The van der Waals surface area contributed by atoms with Gasteiger partial charge in [-0.05, 0) is 31.2 Å². The molecule has 0 bridgehead atoms. The molecule has 0 fully saturated rings. The molecule has 0 saturated heterocycles. The van der Waals surface area contributed by atoms with Gasteiger partial charge < -0.3 is 19.4 Å². The number of carbonyl (C=O) groups is 1. The molecule has 2 aromatic rings. The van der Waals surface area contributed by atoms with E-state index in [9.17, 15) is 4.79 Å². The van der Waals surface area contributed by atoms with E-state index in [0.29, 0.717) is 23.7 Å². The molecular weight excluding hydrogens is 306 g/mol. The Balaban J connectivity index is 1.68. The number of nitrogens with one attached hydrogen (secondary N) is 1. The number of fused-ring (bicyclic) bond motifs is 1. The molecule has 1 aliphatic rings. The SMILES string of the molecule is COc1ccc(OC)c(NC(=O)CN2CCn3cccc3C2C)c1. The molecule has 24 heavy (non-hydrogen) atoms. The van der Waals surface area contributed by atoms with Gasteiger partial charge in [0.1, 0.15) is 11.5 Å². The molecule has 0 spiro atoms. The number of hydrogen-bond acceptors (Lipinski definition) is 4. The standard InChI is InChI=1S/C18H23N3O3/c1-13-16-5-4-8-20(16)9-10-21(13)12-18(22)19-15-11-14(23-2)6-7-17(15)24-3/h4-8,11,13H,9-10,12H2,1-3H3,(H,19,22). The maximum Gasteiger partial charge on any atom is 0.238 e. The van der Waals surface area contributed by atoms with E-state index in [2.05, 4.69) is 40.0 Å². The molecule has 3 rings (SSSR count). The van der Waals surface area contributed by atoms with Crippen LogP contribution in [-0.2, 0) is 11.3 Å². The number of ether oxygens (including phenoxy) is 2. The number of rotatable bonds is 5. The number of benzene rings is 1. The lowest BCUT2D eigenvalue weighted by Crippen LogP contribution is -2.41. The number of methoxy groups -OCH3 is 2. The number of amides is 1. The summed E-state index contributed by atoms with van der Waals surface area (Å²) in [5.41, 5.74) is 1.86. The first kappa shape index (κ1) is 16.4. The first-order valence-corrected chi connectivity index (χ1v) is 8.03. The molecule has 128 valence electrons. The van der Waals surface area contributed by atoms with Gasteiger partial charge in [0.05, 0.1) is 26.5 Å². The number of hydrogen-bond donors (Lipinski definition) is 1. The summed E-state index contributed by atoms with van der Waals surface area (Å²) in [5, 5.41) is 2.93. The summed E-state index contributed by atoms with van der Waals surface area (Å²) in [7, 11) is 3.18. The maximum atomic E-state index is 12.5. The van der Waals surface area contributed by atoms with E-state index in [1.54, 1.807) is 32.4 Å². The molecule has 1 aromatic carbocycles. The van der Waals surface area contributed by atoms with Crippen LogP contribution in [0.3, 0.4) is 0 Å². The Morgan fingerprint density at radius 2 is 2.08 bits per heavy atom. The molecule has 0 saturated carbocycles. The second-order valence-corrected chi connectivity index (χ2v) is 5.89. The molecule has 1 amide bonds. The van der Waals surface area contributed by atoms with Gasteiger partial charge in [-0.25, -0.2) is 0 Å². The summed E-state index contributed by atoms with van der Waals surface area (Å²) in [4.78, 5) is 14.7. The minimum Gasteiger partial charge on any atom is -0.497 e.